The van der Waals surface area contributed by atoms with Crippen LogP contribution in [-0.2, 0) is 16.0 Å². The molecular formula is C11H10F2N2O3. The van der Waals surface area contributed by atoms with Crippen LogP contribution in [0.4, 0.5) is 8.78 Å². The number of rotatable bonds is 4. The van der Waals surface area contributed by atoms with Gasteiger partial charge < -0.3 is 9.47 Å². The number of halogens is 2. The van der Waals surface area contributed by atoms with Crippen LogP contribution in [0.5, 0.6) is 5.75 Å². The molecule has 0 bridgehead atoms. The van der Waals surface area contributed by atoms with Crippen LogP contribution < -0.4 is 4.74 Å². The molecule has 5 nitrogen and oxygen atoms in total. The van der Waals surface area contributed by atoms with E-state index in [-0.39, 0.29) is 23.4 Å². The Hall–Kier alpha value is -2.23. The lowest BCUT2D eigenvalue weighted by Gasteiger charge is -2.10. The predicted molar refractivity (Wildman–Crippen MR) is 56.2 cm³/mol. The maximum Gasteiger partial charge on any atom is 0.310 e. The summed E-state index contributed by atoms with van der Waals surface area (Å²) in [6.45, 7) is 0. The summed E-state index contributed by atoms with van der Waals surface area (Å²) in [5.74, 6) is -0.615. The highest BCUT2D eigenvalue weighted by Gasteiger charge is 2.20. The summed E-state index contributed by atoms with van der Waals surface area (Å²) in [5.41, 5.74) is -0.716. The van der Waals surface area contributed by atoms with Crippen molar-refractivity contribution in [1.29, 1.82) is 5.26 Å². The van der Waals surface area contributed by atoms with Gasteiger partial charge in [0.05, 0.1) is 20.6 Å². The van der Waals surface area contributed by atoms with Gasteiger partial charge in [-0.25, -0.2) is 13.8 Å². The van der Waals surface area contributed by atoms with Crippen LogP contribution in [0.15, 0.2) is 6.07 Å². The lowest BCUT2D eigenvalue weighted by Crippen LogP contribution is -2.09. The number of nitrogens with zero attached hydrogens (tertiary/aromatic N) is 2. The van der Waals surface area contributed by atoms with E-state index in [0.29, 0.717) is 0 Å². The van der Waals surface area contributed by atoms with Crippen molar-refractivity contribution in [3.05, 3.63) is 23.0 Å². The molecule has 0 amide bonds. The molecule has 7 heteroatoms. The van der Waals surface area contributed by atoms with Crippen molar-refractivity contribution in [1.82, 2.24) is 4.98 Å². The Bertz CT molecular complexity index is 498. The van der Waals surface area contributed by atoms with Gasteiger partial charge in [0, 0.05) is 5.56 Å². The summed E-state index contributed by atoms with van der Waals surface area (Å²) in [7, 11) is 2.44. The van der Waals surface area contributed by atoms with Crippen molar-refractivity contribution in [2.75, 3.05) is 14.2 Å². The van der Waals surface area contributed by atoms with Gasteiger partial charge >= 0.3 is 5.97 Å². The number of aromatic nitrogens is 1. The Kier molecular flexibility index (Phi) is 4.54. The van der Waals surface area contributed by atoms with Gasteiger partial charge in [0.15, 0.2) is 11.4 Å². The molecule has 0 atom stereocenters. The van der Waals surface area contributed by atoms with Gasteiger partial charge in [-0.15, -0.1) is 0 Å². The van der Waals surface area contributed by atoms with Gasteiger partial charge in [-0.1, -0.05) is 0 Å². The first-order chi connectivity index (χ1) is 8.53. The van der Waals surface area contributed by atoms with Crippen LogP contribution in [0, 0.1) is 11.3 Å². The first-order valence-electron chi connectivity index (χ1n) is 4.86. The lowest BCUT2D eigenvalue weighted by molar-refractivity contribution is -0.139. The van der Waals surface area contributed by atoms with Crippen LogP contribution in [0.1, 0.15) is 23.4 Å². The van der Waals surface area contributed by atoms with Crippen LogP contribution in [-0.4, -0.2) is 25.2 Å². The predicted octanol–water partition coefficient (Wildman–Crippen LogP) is 1.61. The molecule has 0 N–H and O–H groups in total. The van der Waals surface area contributed by atoms with E-state index < -0.39 is 18.1 Å². The molecular weight excluding hydrogens is 246 g/mol. The fraction of sp³-hybridized carbons (Fsp3) is 0.364. The summed E-state index contributed by atoms with van der Waals surface area (Å²) >= 11 is 0. The minimum atomic E-state index is -2.83. The van der Waals surface area contributed by atoms with E-state index in [9.17, 15) is 13.6 Å². The van der Waals surface area contributed by atoms with E-state index in [1.165, 1.54) is 14.2 Å². The second-order valence-electron chi connectivity index (χ2n) is 3.25. The zero-order chi connectivity index (χ0) is 13.7. The Morgan fingerprint density at radius 1 is 1.56 bits per heavy atom. The molecule has 1 aromatic heterocycles. The van der Waals surface area contributed by atoms with Crippen LogP contribution in [0.3, 0.4) is 0 Å². The van der Waals surface area contributed by atoms with Crippen LogP contribution >= 0.6 is 0 Å². The van der Waals surface area contributed by atoms with Crippen molar-refractivity contribution >= 4 is 5.97 Å². The number of esters is 1. The first kappa shape index (κ1) is 13.8. The van der Waals surface area contributed by atoms with E-state index in [1.807, 2.05) is 0 Å². The summed E-state index contributed by atoms with van der Waals surface area (Å²) in [6, 6.07) is 2.68. The molecule has 0 saturated carbocycles. The monoisotopic (exact) mass is 256 g/mol. The third-order valence-electron chi connectivity index (χ3n) is 2.17. The molecule has 0 saturated heterocycles. The molecule has 0 fully saturated rings. The molecule has 0 aliphatic heterocycles. The van der Waals surface area contributed by atoms with E-state index in [0.717, 1.165) is 6.07 Å². The fourth-order valence-electron chi connectivity index (χ4n) is 1.38. The average Bonchev–Trinajstić information content (AvgIpc) is 2.37. The number of hydrogen-bond acceptors (Lipinski definition) is 5. The standard InChI is InChI=1S/C11H10F2N2O3/c1-17-9(16)4-6-3-7(11(12)13)15-8(5-14)10(6)18-2/h3,11H,4H2,1-2H3. The Balaban J connectivity index is 3.32. The number of pyridine rings is 1. The van der Waals surface area contributed by atoms with Gasteiger partial charge in [-0.2, -0.15) is 5.26 Å². The third-order valence-corrected chi connectivity index (χ3v) is 2.17. The molecule has 1 aromatic rings. The first-order valence-corrected chi connectivity index (χ1v) is 4.86. The van der Waals surface area contributed by atoms with Crippen molar-refractivity contribution in [2.24, 2.45) is 0 Å². The molecule has 0 unspecified atom stereocenters. The highest BCUT2D eigenvalue weighted by molar-refractivity contribution is 5.74. The number of carbonyl (C=O) groups excluding carboxylic acids is 1. The van der Waals surface area contributed by atoms with Gasteiger partial charge in [-0.05, 0) is 6.07 Å². The largest absolute Gasteiger partial charge is 0.493 e. The normalized spacial score (nSPS) is 10.0. The van der Waals surface area contributed by atoms with Gasteiger partial charge in [-0.3, -0.25) is 4.79 Å². The maximum absolute atomic E-state index is 12.6. The second-order valence-corrected chi connectivity index (χ2v) is 3.25. The number of nitriles is 1. The zero-order valence-corrected chi connectivity index (χ0v) is 9.74. The highest BCUT2D eigenvalue weighted by Crippen LogP contribution is 2.27. The van der Waals surface area contributed by atoms with Crippen molar-refractivity contribution in [3.8, 4) is 11.8 Å². The minimum Gasteiger partial charge on any atom is -0.493 e. The average molecular weight is 256 g/mol. The van der Waals surface area contributed by atoms with E-state index in [1.54, 1.807) is 6.07 Å². The molecule has 96 valence electrons. The van der Waals surface area contributed by atoms with Crippen LogP contribution in [0.25, 0.3) is 0 Å². The molecule has 0 aliphatic rings. The number of hydrogen-bond donors (Lipinski definition) is 0. The maximum atomic E-state index is 12.6. The fourth-order valence-corrected chi connectivity index (χ4v) is 1.38. The molecule has 0 spiro atoms. The lowest BCUT2D eigenvalue weighted by atomic mass is 10.1. The summed E-state index contributed by atoms with van der Waals surface area (Å²) in [5, 5.41) is 8.82. The summed E-state index contributed by atoms with van der Waals surface area (Å²) < 4.78 is 34.5. The Labute approximate surface area is 102 Å². The number of ether oxygens (including phenoxy) is 2. The molecule has 1 heterocycles. The number of alkyl halides is 2. The van der Waals surface area contributed by atoms with Gasteiger partial charge in [0.25, 0.3) is 6.43 Å². The van der Waals surface area contributed by atoms with Crippen molar-refractivity contribution in [2.45, 2.75) is 12.8 Å². The third kappa shape index (κ3) is 2.91. The van der Waals surface area contributed by atoms with Gasteiger partial charge in [0.1, 0.15) is 11.8 Å². The van der Waals surface area contributed by atoms with Gasteiger partial charge in [0.2, 0.25) is 0 Å². The Morgan fingerprint density at radius 2 is 2.22 bits per heavy atom. The smallest absolute Gasteiger partial charge is 0.310 e. The molecule has 18 heavy (non-hydrogen) atoms. The highest BCUT2D eigenvalue weighted by atomic mass is 19.3. The summed E-state index contributed by atoms with van der Waals surface area (Å²) in [4.78, 5) is 14.6. The van der Waals surface area contributed by atoms with Crippen LogP contribution in [0.2, 0.25) is 0 Å². The minimum absolute atomic E-state index is 0.00676. The second kappa shape index (κ2) is 5.91. The quantitative estimate of drug-likeness (QED) is 0.765. The number of methoxy groups -OCH3 is 2. The van der Waals surface area contributed by atoms with Crippen molar-refractivity contribution < 1.29 is 23.0 Å². The molecule has 0 aliphatic carbocycles. The molecule has 1 rings (SSSR count). The van der Waals surface area contributed by atoms with E-state index in [2.05, 4.69) is 9.72 Å². The Morgan fingerprint density at radius 3 is 2.67 bits per heavy atom. The van der Waals surface area contributed by atoms with Crippen molar-refractivity contribution in [3.63, 3.8) is 0 Å². The summed E-state index contributed by atoms with van der Waals surface area (Å²) in [6.07, 6.45) is -3.10. The topological polar surface area (TPSA) is 72.2 Å². The number of carbonyl (C=O) groups is 1. The van der Waals surface area contributed by atoms with E-state index >= 15 is 0 Å². The molecule has 0 aromatic carbocycles. The molecule has 0 radical (unpaired) electrons. The SMILES string of the molecule is COC(=O)Cc1cc(C(F)F)nc(C#N)c1OC. The van der Waals surface area contributed by atoms with E-state index in [4.69, 9.17) is 10.00 Å². The zero-order valence-electron chi connectivity index (χ0n) is 9.74.